The second kappa shape index (κ2) is 33.4. The van der Waals surface area contributed by atoms with E-state index >= 15 is 0 Å². The average molecular weight is 1530 g/mol. The largest absolute Gasteiger partial charge is 0.493 e. The molecule has 5 aliphatic rings. The Bertz CT molecular complexity index is 4440. The molecule has 0 radical (unpaired) electrons. The highest BCUT2D eigenvalue weighted by molar-refractivity contribution is 7.99. The number of nitrogens with zero attached hydrogens (tertiary/aromatic N) is 7. The van der Waals surface area contributed by atoms with E-state index in [0.717, 1.165) is 89.8 Å². The minimum Gasteiger partial charge on any atom is -0.493 e. The first kappa shape index (κ1) is 78.6. The zero-order valence-corrected chi connectivity index (χ0v) is 64.6. The molecule has 0 spiro atoms. The Labute approximate surface area is 633 Å². The predicted octanol–water partition coefficient (Wildman–Crippen LogP) is 11.5. The number of hydrogen-bond acceptors (Lipinski definition) is 18. The number of aliphatic hydroxyl groups is 1. The number of anilines is 2. The first-order valence-corrected chi connectivity index (χ1v) is 39.8. The Hall–Kier alpha value is -8.42. The number of hydrogen-bond donors (Lipinski definition) is 5. The molecule has 4 fully saturated rings. The monoisotopic (exact) mass is 1520 g/mol. The van der Waals surface area contributed by atoms with Crippen LogP contribution < -0.4 is 30.3 Å². The van der Waals surface area contributed by atoms with Crippen LogP contribution in [0.2, 0.25) is 5.02 Å². The molecule has 2 aliphatic carbocycles. The van der Waals surface area contributed by atoms with Crippen molar-refractivity contribution in [3.8, 4) is 28.0 Å². The summed E-state index contributed by atoms with van der Waals surface area (Å²) in [6.07, 6.45) is 2.77. The minimum atomic E-state index is -4.72. The molecule has 0 unspecified atom stereocenters. The van der Waals surface area contributed by atoms with Gasteiger partial charge in [-0.05, 0) is 147 Å². The topological polar surface area (TPSA) is 269 Å². The van der Waals surface area contributed by atoms with Gasteiger partial charge >= 0.3 is 0 Å². The molecular formula is C79H95ClFN11O11S3. The third kappa shape index (κ3) is 20.0. The molecule has 3 atom stereocenters. The van der Waals surface area contributed by atoms with E-state index in [9.17, 15) is 52.0 Å². The van der Waals surface area contributed by atoms with E-state index in [2.05, 4.69) is 73.3 Å². The molecule has 5 aromatic carbocycles. The van der Waals surface area contributed by atoms with E-state index in [1.807, 2.05) is 86.3 Å². The summed E-state index contributed by atoms with van der Waals surface area (Å²) in [4.78, 5) is 96.6. The number of β-amino-alcohol motifs (C(OH)–C–C–N with tert-alkyl or cyclic N) is 1. The second-order valence-corrected chi connectivity index (χ2v) is 34.8. The van der Waals surface area contributed by atoms with Gasteiger partial charge in [0.05, 0.1) is 50.7 Å². The van der Waals surface area contributed by atoms with Crippen LogP contribution in [0, 0.1) is 39.7 Å². The average Bonchev–Trinajstić information content (AvgIpc) is 1.71. The Morgan fingerprint density at radius 2 is 1.58 bits per heavy atom. The molecule has 3 saturated heterocycles. The summed E-state index contributed by atoms with van der Waals surface area (Å²) in [7, 11) is -4.72. The highest BCUT2D eigenvalue weighted by Crippen LogP contribution is 2.44. The summed E-state index contributed by atoms with van der Waals surface area (Å²) in [6.45, 7) is 21.5. The van der Waals surface area contributed by atoms with Gasteiger partial charge in [0.15, 0.2) is 5.67 Å². The van der Waals surface area contributed by atoms with Gasteiger partial charge < -0.3 is 40.5 Å². The summed E-state index contributed by atoms with van der Waals surface area (Å²) in [5, 5.41) is 33.4. The smallest absolute Gasteiger partial charge is 0.295 e. The van der Waals surface area contributed by atoms with Crippen LogP contribution in [0.3, 0.4) is 0 Å². The Kier molecular flexibility index (Phi) is 24.8. The fourth-order valence-corrected chi connectivity index (χ4v) is 16.8. The number of piperazine rings is 2. The summed E-state index contributed by atoms with van der Waals surface area (Å²) in [5.41, 5.74) is 5.16. The molecule has 27 heteroatoms. The lowest BCUT2D eigenvalue weighted by Gasteiger charge is -2.39. The van der Waals surface area contributed by atoms with Gasteiger partial charge in [-0.2, -0.15) is 0 Å². The lowest BCUT2D eigenvalue weighted by molar-refractivity contribution is -0.384. The summed E-state index contributed by atoms with van der Waals surface area (Å²) < 4.78 is 52.0. The Morgan fingerprint density at radius 3 is 2.24 bits per heavy atom. The minimum absolute atomic E-state index is 0.00976. The quantitative estimate of drug-likeness (QED) is 0.0111. The fourth-order valence-electron chi connectivity index (χ4n) is 13.9. The molecule has 22 nitrogen and oxygen atoms in total. The number of nitrogens with one attached hydrogen (secondary N) is 4. The van der Waals surface area contributed by atoms with Gasteiger partial charge in [0.25, 0.3) is 27.5 Å². The van der Waals surface area contributed by atoms with Crippen molar-refractivity contribution < 1.29 is 51.5 Å². The number of ether oxygens (including phenoxy) is 1. The summed E-state index contributed by atoms with van der Waals surface area (Å²) >= 11 is 9.27. The van der Waals surface area contributed by atoms with Crippen molar-refractivity contribution in [3.05, 3.63) is 163 Å². The van der Waals surface area contributed by atoms with Gasteiger partial charge in [0.2, 0.25) is 17.7 Å². The first-order chi connectivity index (χ1) is 50.3. The number of sulfonamides is 1. The molecule has 5 amide bonds. The zero-order valence-electron chi connectivity index (χ0n) is 61.4. The number of thioether (sulfide) groups is 1. The van der Waals surface area contributed by atoms with Crippen LogP contribution in [-0.4, -0.2) is 186 Å². The number of aryl methyl sites for hydroxylation is 1. The van der Waals surface area contributed by atoms with Gasteiger partial charge in [0.1, 0.15) is 23.5 Å². The number of nitro groups is 1. The van der Waals surface area contributed by atoms with Gasteiger partial charge in [0, 0.05) is 129 Å². The van der Waals surface area contributed by atoms with E-state index in [0.29, 0.717) is 49.7 Å². The molecule has 106 heavy (non-hydrogen) atoms. The molecule has 11 rings (SSSR count). The van der Waals surface area contributed by atoms with Crippen molar-refractivity contribution in [2.45, 2.75) is 152 Å². The zero-order chi connectivity index (χ0) is 75.9. The van der Waals surface area contributed by atoms with Gasteiger partial charge in [-0.1, -0.05) is 106 Å². The number of halogens is 2. The van der Waals surface area contributed by atoms with Gasteiger partial charge in [-0.25, -0.2) is 22.5 Å². The van der Waals surface area contributed by atoms with Crippen LogP contribution in [0.15, 0.2) is 130 Å². The molecule has 6 aromatic rings. The van der Waals surface area contributed by atoms with Crippen LogP contribution in [0.5, 0.6) is 5.75 Å². The number of thiazole rings is 1. The maximum Gasteiger partial charge on any atom is 0.295 e. The standard InChI is InChI=1S/C79H95ClFN11O11S3/c1-52-70(105-51-83-52)56-18-19-57(47-82-73(96)66-44-61(93)49-91(66)74(97)71(76(2,3)4)84-75(98)79(81)30-31-79)67(43-56)103-41-13-17-68(94)90-39-33-87(34-40-90)32-12-14-55-42-63(45-65(92(99)100)69(55)85-78(7,8)50-104-62-15-10-9-11-16-62)106(101,102)86-72(95)54-22-26-60(27-23-54)89-37-35-88(36-38-89)48-58-46-77(5,6)29-28-64(58)53-20-24-59(80)25-21-53/h9-11,15-16,18-27,42-43,45,51,61,66,71,85,93H,13,17,28-41,44,46-50H2,1-8H3,(H,82,96)(H,84,98)(H,86,95)/t61-,66+,71-/m1/s1. The normalized spacial score (nSPS) is 18.7. The number of benzene rings is 5. The Morgan fingerprint density at radius 1 is 0.887 bits per heavy atom. The van der Waals surface area contributed by atoms with Crippen molar-refractivity contribution in [1.29, 1.82) is 0 Å². The number of carbonyl (C=O) groups excluding carboxylic acids is 5. The maximum atomic E-state index is 14.8. The van der Waals surface area contributed by atoms with Gasteiger partial charge in [-0.15, -0.1) is 23.1 Å². The third-order valence-corrected chi connectivity index (χ3v) is 24.2. The van der Waals surface area contributed by atoms with E-state index in [-0.39, 0.29) is 80.1 Å². The van der Waals surface area contributed by atoms with Crippen LogP contribution in [-0.2, 0) is 35.7 Å². The van der Waals surface area contributed by atoms with Crippen LogP contribution >= 0.6 is 34.7 Å². The predicted molar refractivity (Wildman–Crippen MR) is 413 cm³/mol. The fraction of sp³-hybridized carbons (Fsp3) is 0.468. The lowest BCUT2D eigenvalue weighted by Crippen LogP contribution is -2.59. The van der Waals surface area contributed by atoms with E-state index in [1.54, 1.807) is 67.2 Å². The van der Waals surface area contributed by atoms with E-state index in [1.165, 1.54) is 39.0 Å². The lowest BCUT2D eigenvalue weighted by atomic mass is 9.73. The highest BCUT2D eigenvalue weighted by atomic mass is 35.5. The van der Waals surface area contributed by atoms with Crippen molar-refractivity contribution in [2.75, 3.05) is 94.6 Å². The number of likely N-dealkylation sites (tertiary alicyclic amines) is 1. The summed E-state index contributed by atoms with van der Waals surface area (Å²) in [6, 6.07) is 30.1. The Balaban J connectivity index is 0.708. The summed E-state index contributed by atoms with van der Waals surface area (Å²) in [5.74, 6) is 4.13. The number of rotatable bonds is 26. The second-order valence-electron chi connectivity index (χ2n) is 30.8. The van der Waals surface area contributed by atoms with Crippen molar-refractivity contribution in [3.63, 3.8) is 0 Å². The molecule has 5 N–H and O–H groups in total. The van der Waals surface area contributed by atoms with Crippen LogP contribution in [0.1, 0.15) is 133 Å². The van der Waals surface area contributed by atoms with Crippen LogP contribution in [0.4, 0.5) is 21.5 Å². The number of amides is 5. The number of aliphatic hydroxyl groups excluding tert-OH is 1. The van der Waals surface area contributed by atoms with E-state index < -0.39 is 84.0 Å². The molecule has 4 heterocycles. The van der Waals surface area contributed by atoms with Crippen molar-refractivity contribution in [2.24, 2.45) is 10.8 Å². The maximum absolute atomic E-state index is 14.8. The molecule has 564 valence electrons. The molecule has 3 aliphatic heterocycles. The number of carbonyl (C=O) groups is 5. The van der Waals surface area contributed by atoms with Crippen molar-refractivity contribution >= 4 is 96.9 Å². The number of alkyl halides is 1. The highest BCUT2D eigenvalue weighted by Gasteiger charge is 2.53. The first-order valence-electron chi connectivity index (χ1n) is 36.1. The van der Waals surface area contributed by atoms with Crippen LogP contribution in [0.25, 0.3) is 16.0 Å². The number of aromatic nitrogens is 1. The molecule has 1 aromatic heterocycles. The SMILES string of the molecule is Cc1ncsc1-c1ccc(CNC(=O)[C@@H]2C[C@@H](O)CN2C(=O)[C@@H](NC(=O)C2(F)CC2)C(C)(C)C)c(OCCCC(=O)N2CCN(CC#Cc3cc(S(=O)(=O)NC(=O)c4ccc(N5CCN(CC6=C(c7ccc(Cl)cc7)CCC(C)(C)C6)CC5)cc4)cc([N+](=O)[O-])c3NC(C)(C)CSc3ccccc3)CC2)c1. The number of nitro benzene ring substituents is 1. The molecular weight excluding hydrogens is 1430 g/mol. The van der Waals surface area contributed by atoms with Gasteiger partial charge in [-0.3, -0.25) is 43.9 Å². The number of allylic oxidation sites excluding steroid dienone is 1. The van der Waals surface area contributed by atoms with E-state index in [4.69, 9.17) is 16.3 Å². The van der Waals surface area contributed by atoms with Crippen molar-refractivity contribution in [1.82, 2.24) is 39.9 Å². The molecule has 0 bridgehead atoms. The molecule has 1 saturated carbocycles. The third-order valence-electron chi connectivity index (χ3n) is 20.2.